The molecule has 63 heavy (non-hydrogen) atoms. The SMILES string of the molecule is CCOC(=O)/C=C/[C@H](CCC(=O)NC(c1ccccc1)(c1ccccc1)c1ccccc1)NC(=O)[C@H](Cc1ccc(O)cc1)NC(=O)[C@H](CC(C)C)NC(=O)OCc1ccccc1. The van der Waals surface area contributed by atoms with Crippen LogP contribution in [0.3, 0.4) is 0 Å². The fourth-order valence-electron chi connectivity index (χ4n) is 7.18. The second kappa shape index (κ2) is 23.7. The van der Waals surface area contributed by atoms with E-state index in [4.69, 9.17) is 9.47 Å². The van der Waals surface area contributed by atoms with E-state index < -0.39 is 47.5 Å². The molecule has 0 spiro atoms. The maximum atomic E-state index is 14.3. The molecule has 0 aliphatic rings. The summed E-state index contributed by atoms with van der Waals surface area (Å²) in [6, 6.07) is 41.2. The molecule has 4 amide bonds. The van der Waals surface area contributed by atoms with Crippen LogP contribution >= 0.6 is 0 Å². The van der Waals surface area contributed by atoms with E-state index >= 15 is 0 Å². The van der Waals surface area contributed by atoms with Gasteiger partial charge in [0.2, 0.25) is 17.7 Å². The first-order chi connectivity index (χ1) is 30.5. The average Bonchev–Trinajstić information content (AvgIpc) is 3.29. The first kappa shape index (κ1) is 46.8. The quantitative estimate of drug-likeness (QED) is 0.0292. The zero-order valence-electron chi connectivity index (χ0n) is 35.9. The molecule has 0 radical (unpaired) electrons. The van der Waals surface area contributed by atoms with Gasteiger partial charge in [-0.3, -0.25) is 14.4 Å². The Morgan fingerprint density at radius 1 is 0.635 bits per heavy atom. The third-order valence-electron chi connectivity index (χ3n) is 10.2. The lowest BCUT2D eigenvalue weighted by atomic mass is 9.77. The molecule has 12 heteroatoms. The molecule has 0 unspecified atom stereocenters. The first-order valence-corrected chi connectivity index (χ1v) is 21.1. The molecule has 5 aromatic carbocycles. The molecule has 5 aromatic rings. The molecule has 0 saturated heterocycles. The van der Waals surface area contributed by atoms with Crippen LogP contribution in [0, 0.1) is 5.92 Å². The summed E-state index contributed by atoms with van der Waals surface area (Å²) >= 11 is 0. The van der Waals surface area contributed by atoms with Gasteiger partial charge in [-0.15, -0.1) is 0 Å². The Balaban J connectivity index is 1.39. The number of carbonyl (C=O) groups excluding carboxylic acids is 5. The highest BCUT2D eigenvalue weighted by atomic mass is 16.5. The molecule has 12 nitrogen and oxygen atoms in total. The number of alkyl carbamates (subject to hydrolysis) is 1. The van der Waals surface area contributed by atoms with Gasteiger partial charge >= 0.3 is 12.1 Å². The minimum Gasteiger partial charge on any atom is -0.508 e. The predicted octanol–water partition coefficient (Wildman–Crippen LogP) is 7.25. The van der Waals surface area contributed by atoms with Gasteiger partial charge < -0.3 is 35.8 Å². The molecule has 5 rings (SSSR count). The highest BCUT2D eigenvalue weighted by molar-refractivity contribution is 5.92. The number of esters is 1. The van der Waals surface area contributed by atoms with E-state index in [0.717, 1.165) is 22.3 Å². The number of carbonyl (C=O) groups is 5. The fraction of sp³-hybridized carbons (Fsp3) is 0.275. The van der Waals surface area contributed by atoms with Gasteiger partial charge in [-0.25, -0.2) is 9.59 Å². The number of rotatable bonds is 21. The van der Waals surface area contributed by atoms with E-state index in [1.165, 1.54) is 24.3 Å². The number of benzene rings is 5. The van der Waals surface area contributed by atoms with E-state index in [0.29, 0.717) is 5.56 Å². The smallest absolute Gasteiger partial charge is 0.408 e. The topological polar surface area (TPSA) is 172 Å². The van der Waals surface area contributed by atoms with Gasteiger partial charge in [-0.05, 0) is 65.6 Å². The van der Waals surface area contributed by atoms with Gasteiger partial charge in [0.15, 0.2) is 0 Å². The largest absolute Gasteiger partial charge is 0.508 e. The standard InChI is InChI=1S/C51H56N4O8/c1-4-62-47(58)32-28-42(27-31-46(57)55-51(39-19-11-6-12-20-39,40-21-13-7-14-22-40)41-23-15-8-16-24-41)52-48(59)45(34-37-25-29-43(56)30-26-37)53-49(60)44(33-36(2)3)54-50(61)63-35-38-17-9-5-10-18-38/h5-26,28-30,32,36,42,44-45,56H,4,27,31,33-35H2,1-3H3,(H,52,59)(H,53,60)(H,54,61)(H,55,57)/b32-28+/t42-,44-,45-/m0/s1. The van der Waals surface area contributed by atoms with Crippen LogP contribution in [0.2, 0.25) is 0 Å². The van der Waals surface area contributed by atoms with Gasteiger partial charge in [0, 0.05) is 25.0 Å². The van der Waals surface area contributed by atoms with E-state index in [9.17, 15) is 29.1 Å². The number of hydrogen-bond donors (Lipinski definition) is 5. The van der Waals surface area contributed by atoms with Gasteiger partial charge in [-0.1, -0.05) is 153 Å². The molecule has 0 fully saturated rings. The molecule has 0 saturated carbocycles. The van der Waals surface area contributed by atoms with Crippen molar-refractivity contribution >= 4 is 29.8 Å². The number of phenolic OH excluding ortho intramolecular Hbond substituents is 1. The van der Waals surface area contributed by atoms with Gasteiger partial charge in [0.05, 0.1) is 6.61 Å². The van der Waals surface area contributed by atoms with Crippen LogP contribution in [0.4, 0.5) is 4.79 Å². The third-order valence-corrected chi connectivity index (χ3v) is 10.2. The van der Waals surface area contributed by atoms with Crippen molar-refractivity contribution < 1.29 is 38.6 Å². The summed E-state index contributed by atoms with van der Waals surface area (Å²) in [6.07, 6.45) is 2.11. The molecule has 0 aliphatic heterocycles. The number of amides is 4. The lowest BCUT2D eigenvalue weighted by Crippen LogP contribution is -2.55. The lowest BCUT2D eigenvalue weighted by Gasteiger charge is -2.37. The summed E-state index contributed by atoms with van der Waals surface area (Å²) < 4.78 is 10.5. The maximum Gasteiger partial charge on any atom is 0.408 e. The first-order valence-electron chi connectivity index (χ1n) is 21.1. The summed E-state index contributed by atoms with van der Waals surface area (Å²) in [5.41, 5.74) is 2.84. The predicted molar refractivity (Wildman–Crippen MR) is 241 cm³/mol. The normalized spacial score (nSPS) is 12.7. The molecule has 0 aromatic heterocycles. The van der Waals surface area contributed by atoms with Crippen LogP contribution < -0.4 is 21.3 Å². The number of aromatic hydroxyl groups is 1. The molecule has 0 heterocycles. The number of phenols is 1. The van der Waals surface area contributed by atoms with Crippen LogP contribution in [-0.2, 0) is 47.2 Å². The minimum atomic E-state index is -1.19. The summed E-state index contributed by atoms with van der Waals surface area (Å²) in [5, 5.41) is 21.7. The second-order valence-corrected chi connectivity index (χ2v) is 15.5. The van der Waals surface area contributed by atoms with Crippen molar-refractivity contribution in [3.8, 4) is 5.75 Å². The Morgan fingerprint density at radius 2 is 1.16 bits per heavy atom. The highest BCUT2D eigenvalue weighted by Crippen LogP contribution is 2.37. The second-order valence-electron chi connectivity index (χ2n) is 15.5. The number of ether oxygens (including phenoxy) is 2. The molecule has 0 aliphatic carbocycles. The van der Waals surface area contributed by atoms with Crippen LogP contribution in [0.1, 0.15) is 67.9 Å². The molecule has 3 atom stereocenters. The van der Waals surface area contributed by atoms with E-state index in [-0.39, 0.29) is 56.5 Å². The summed E-state index contributed by atoms with van der Waals surface area (Å²) in [5.74, 6) is -2.18. The highest BCUT2D eigenvalue weighted by Gasteiger charge is 2.38. The summed E-state index contributed by atoms with van der Waals surface area (Å²) in [4.78, 5) is 68.1. The van der Waals surface area contributed by atoms with Crippen molar-refractivity contribution in [3.63, 3.8) is 0 Å². The van der Waals surface area contributed by atoms with E-state index in [1.807, 2.05) is 135 Å². The summed E-state index contributed by atoms with van der Waals surface area (Å²) in [7, 11) is 0. The van der Waals surface area contributed by atoms with Gasteiger partial charge in [-0.2, -0.15) is 0 Å². The van der Waals surface area contributed by atoms with Crippen molar-refractivity contribution in [2.75, 3.05) is 6.61 Å². The average molecular weight is 853 g/mol. The van der Waals surface area contributed by atoms with Crippen LogP contribution in [0.25, 0.3) is 0 Å². The van der Waals surface area contributed by atoms with E-state index in [2.05, 4.69) is 21.3 Å². The third kappa shape index (κ3) is 14.2. The van der Waals surface area contributed by atoms with Crippen LogP contribution in [0.5, 0.6) is 5.75 Å². The Hall–Kier alpha value is -7.21. The molecule has 328 valence electrons. The monoisotopic (exact) mass is 852 g/mol. The van der Waals surface area contributed by atoms with Crippen molar-refractivity contribution in [2.45, 2.75) is 76.7 Å². The Labute approximate surface area is 369 Å². The Bertz CT molecular complexity index is 2160. The van der Waals surface area contributed by atoms with E-state index in [1.54, 1.807) is 19.1 Å². The van der Waals surface area contributed by atoms with Crippen molar-refractivity contribution in [3.05, 3.63) is 186 Å². The van der Waals surface area contributed by atoms with Gasteiger partial charge in [0.1, 0.15) is 30.0 Å². The Morgan fingerprint density at radius 3 is 1.68 bits per heavy atom. The zero-order chi connectivity index (χ0) is 45.0. The summed E-state index contributed by atoms with van der Waals surface area (Å²) in [6.45, 7) is 5.61. The Kier molecular flexibility index (Phi) is 17.6. The lowest BCUT2D eigenvalue weighted by molar-refractivity contribution is -0.137. The van der Waals surface area contributed by atoms with Crippen molar-refractivity contribution in [2.24, 2.45) is 5.92 Å². The number of nitrogens with one attached hydrogen (secondary N) is 4. The molecular weight excluding hydrogens is 797 g/mol. The maximum absolute atomic E-state index is 14.3. The molecular formula is C51H56N4O8. The van der Waals surface area contributed by atoms with Crippen LogP contribution in [-0.4, -0.2) is 59.6 Å². The van der Waals surface area contributed by atoms with Crippen molar-refractivity contribution in [1.29, 1.82) is 0 Å². The molecule has 0 bridgehead atoms. The number of hydrogen-bond acceptors (Lipinski definition) is 8. The fourth-order valence-corrected chi connectivity index (χ4v) is 7.18. The minimum absolute atomic E-state index is 0.000940. The van der Waals surface area contributed by atoms with Gasteiger partial charge in [0.25, 0.3) is 0 Å². The molecule has 5 N–H and O–H groups in total. The van der Waals surface area contributed by atoms with Crippen molar-refractivity contribution in [1.82, 2.24) is 21.3 Å². The zero-order valence-corrected chi connectivity index (χ0v) is 35.9. The van der Waals surface area contributed by atoms with Crippen LogP contribution in [0.15, 0.2) is 158 Å².